The summed E-state index contributed by atoms with van der Waals surface area (Å²) in [5, 5.41) is 12.4. The molecule has 0 spiro atoms. The highest BCUT2D eigenvalue weighted by molar-refractivity contribution is 6.35. The highest BCUT2D eigenvalue weighted by atomic mass is 35.5. The molecule has 1 saturated carbocycles. The Hall–Kier alpha value is -2.64. The van der Waals surface area contributed by atoms with Crippen molar-refractivity contribution < 1.29 is 24.2 Å². The maximum absolute atomic E-state index is 12.9. The molecule has 2 aliphatic rings. The highest BCUT2D eigenvalue weighted by Crippen LogP contribution is 2.41. The number of anilines is 1. The molecule has 1 amide bonds. The molecule has 35 heavy (non-hydrogen) atoms. The normalized spacial score (nSPS) is 15.3. The van der Waals surface area contributed by atoms with Crippen molar-refractivity contribution in [2.24, 2.45) is 17.8 Å². The van der Waals surface area contributed by atoms with Gasteiger partial charge in [0, 0.05) is 11.5 Å². The lowest BCUT2D eigenvalue weighted by Crippen LogP contribution is -2.29. The van der Waals surface area contributed by atoms with Crippen molar-refractivity contribution in [3.8, 4) is 11.6 Å². The number of fused-ring (bicyclic) bond motifs is 1. The monoisotopic (exact) mass is 502 g/mol. The number of nitrogens with zero attached hydrogens (tertiary/aromatic N) is 1. The van der Waals surface area contributed by atoms with E-state index in [-0.39, 0.29) is 40.7 Å². The average molecular weight is 503 g/mol. The lowest BCUT2D eigenvalue weighted by Gasteiger charge is -2.25. The fourth-order valence-electron chi connectivity index (χ4n) is 3.98. The SMILES string of the molecule is CC(C1CC1)C(C)(C)O.CCc1cccc(NC(=O)c2c(Cl)cnc3c2OCO3)c1C(=O)C(C)C. The molecule has 1 aliphatic carbocycles. The van der Waals surface area contributed by atoms with Crippen LogP contribution < -0.4 is 14.8 Å². The number of pyridine rings is 1. The third-order valence-electron chi connectivity index (χ3n) is 6.58. The molecule has 1 fully saturated rings. The number of ether oxygens (including phenoxy) is 2. The van der Waals surface area contributed by atoms with Gasteiger partial charge in [-0.15, -0.1) is 0 Å². The third kappa shape index (κ3) is 6.33. The molecule has 1 aliphatic heterocycles. The fourth-order valence-corrected chi connectivity index (χ4v) is 4.20. The Morgan fingerprint density at radius 3 is 2.43 bits per heavy atom. The first-order valence-electron chi connectivity index (χ1n) is 12.1. The summed E-state index contributed by atoms with van der Waals surface area (Å²) in [5.74, 6) is 1.03. The molecule has 4 rings (SSSR count). The molecule has 1 atom stereocenters. The smallest absolute Gasteiger partial charge is 0.261 e. The molecule has 1 aromatic heterocycles. The van der Waals surface area contributed by atoms with Gasteiger partial charge in [0.15, 0.2) is 11.5 Å². The number of carbonyl (C=O) groups excluding carboxylic acids is 2. The van der Waals surface area contributed by atoms with Crippen molar-refractivity contribution in [1.29, 1.82) is 0 Å². The van der Waals surface area contributed by atoms with E-state index in [0.29, 0.717) is 23.6 Å². The number of aromatic nitrogens is 1. The quantitative estimate of drug-likeness (QED) is 0.456. The van der Waals surface area contributed by atoms with Gasteiger partial charge in [-0.3, -0.25) is 9.59 Å². The van der Waals surface area contributed by atoms with Crippen LogP contribution in [0.3, 0.4) is 0 Å². The summed E-state index contributed by atoms with van der Waals surface area (Å²) in [5.41, 5.74) is 1.54. The first-order chi connectivity index (χ1) is 16.5. The number of hydrogen-bond donors (Lipinski definition) is 2. The van der Waals surface area contributed by atoms with Gasteiger partial charge in [0.05, 0.1) is 22.5 Å². The minimum atomic E-state index is -0.481. The summed E-state index contributed by atoms with van der Waals surface area (Å²) < 4.78 is 10.5. The Labute approximate surface area is 212 Å². The predicted octanol–water partition coefficient (Wildman–Crippen LogP) is 5.92. The van der Waals surface area contributed by atoms with E-state index in [4.69, 9.17) is 21.1 Å². The molecule has 7 nitrogen and oxygen atoms in total. The van der Waals surface area contributed by atoms with Crippen molar-refractivity contribution in [2.45, 2.75) is 66.4 Å². The van der Waals surface area contributed by atoms with Crippen LogP contribution in [0.5, 0.6) is 11.6 Å². The Bertz CT molecular complexity index is 1090. The van der Waals surface area contributed by atoms with E-state index in [9.17, 15) is 14.7 Å². The van der Waals surface area contributed by atoms with Crippen LogP contribution >= 0.6 is 11.6 Å². The zero-order valence-corrected chi connectivity index (χ0v) is 22.0. The van der Waals surface area contributed by atoms with E-state index in [1.165, 1.54) is 19.0 Å². The largest absolute Gasteiger partial charge is 0.451 e. The Balaban J connectivity index is 0.000000320. The molecule has 0 radical (unpaired) electrons. The minimum Gasteiger partial charge on any atom is -0.451 e. The van der Waals surface area contributed by atoms with Gasteiger partial charge >= 0.3 is 0 Å². The van der Waals surface area contributed by atoms with Crippen LogP contribution in [0.2, 0.25) is 5.02 Å². The zero-order chi connectivity index (χ0) is 25.9. The number of aryl methyl sites for hydroxylation is 1. The molecular formula is C27H35ClN2O5. The molecule has 1 unspecified atom stereocenters. The highest BCUT2D eigenvalue weighted by Gasteiger charge is 2.36. The molecule has 2 aromatic rings. The van der Waals surface area contributed by atoms with Gasteiger partial charge in [-0.25, -0.2) is 4.98 Å². The second kappa shape index (κ2) is 11.0. The maximum Gasteiger partial charge on any atom is 0.261 e. The lowest BCUT2D eigenvalue weighted by atomic mass is 9.89. The summed E-state index contributed by atoms with van der Waals surface area (Å²) in [6, 6.07) is 5.41. The van der Waals surface area contributed by atoms with Crippen molar-refractivity contribution in [3.63, 3.8) is 0 Å². The summed E-state index contributed by atoms with van der Waals surface area (Å²) in [7, 11) is 0. The Morgan fingerprint density at radius 2 is 1.89 bits per heavy atom. The predicted molar refractivity (Wildman–Crippen MR) is 136 cm³/mol. The molecule has 8 heteroatoms. The number of rotatable bonds is 7. The van der Waals surface area contributed by atoms with Gasteiger partial charge in [0.1, 0.15) is 5.56 Å². The summed E-state index contributed by atoms with van der Waals surface area (Å²) in [4.78, 5) is 29.5. The summed E-state index contributed by atoms with van der Waals surface area (Å²) in [6.07, 6.45) is 4.67. The number of aliphatic hydroxyl groups is 1. The first-order valence-corrected chi connectivity index (χ1v) is 12.5. The van der Waals surface area contributed by atoms with E-state index in [2.05, 4.69) is 17.2 Å². The number of hydrogen-bond acceptors (Lipinski definition) is 6. The van der Waals surface area contributed by atoms with Gasteiger partial charge in [-0.05, 0) is 56.6 Å². The molecule has 0 saturated heterocycles. The van der Waals surface area contributed by atoms with Crippen LogP contribution in [0.4, 0.5) is 5.69 Å². The third-order valence-corrected chi connectivity index (χ3v) is 6.86. The van der Waals surface area contributed by atoms with Crippen molar-refractivity contribution in [1.82, 2.24) is 4.98 Å². The molecule has 2 N–H and O–H groups in total. The average Bonchev–Trinajstić information content (AvgIpc) is 3.54. The van der Waals surface area contributed by atoms with Crippen molar-refractivity contribution in [2.75, 3.05) is 12.1 Å². The van der Waals surface area contributed by atoms with Crippen LogP contribution in [0.1, 0.15) is 80.7 Å². The van der Waals surface area contributed by atoms with Gasteiger partial charge in [-0.1, -0.05) is 51.4 Å². The molecule has 1 aromatic carbocycles. The lowest BCUT2D eigenvalue weighted by molar-refractivity contribution is 0.0155. The van der Waals surface area contributed by atoms with E-state index < -0.39 is 11.5 Å². The summed E-state index contributed by atoms with van der Waals surface area (Å²) >= 11 is 6.15. The standard InChI is InChI=1S/C19H19ClN2O4.C8H16O/c1-4-11-6-5-7-13(14(11)16(23)10(2)3)22-18(24)15-12(20)8-21-19-17(15)25-9-26-19;1-6(7-4-5-7)8(2,3)9/h5-8,10H,4,9H2,1-3H3,(H,22,24);6-7,9H,4-5H2,1-3H3. The van der Waals surface area contributed by atoms with E-state index in [1.54, 1.807) is 6.07 Å². The van der Waals surface area contributed by atoms with Crippen LogP contribution in [0.15, 0.2) is 24.4 Å². The topological polar surface area (TPSA) is 97.8 Å². The van der Waals surface area contributed by atoms with Crippen LogP contribution in [-0.2, 0) is 6.42 Å². The fraction of sp³-hybridized carbons (Fsp3) is 0.519. The van der Waals surface area contributed by atoms with Crippen LogP contribution in [0, 0.1) is 17.8 Å². The van der Waals surface area contributed by atoms with Gasteiger partial charge < -0.3 is 19.9 Å². The number of halogens is 1. The number of amides is 1. The summed E-state index contributed by atoms with van der Waals surface area (Å²) in [6.45, 7) is 11.5. The zero-order valence-electron chi connectivity index (χ0n) is 21.3. The van der Waals surface area contributed by atoms with E-state index >= 15 is 0 Å². The second-order valence-corrected chi connectivity index (χ2v) is 10.4. The number of benzene rings is 1. The first kappa shape index (κ1) is 27.0. The molecular weight excluding hydrogens is 468 g/mol. The van der Waals surface area contributed by atoms with E-state index in [1.807, 2.05) is 46.8 Å². The van der Waals surface area contributed by atoms with Gasteiger partial charge in [0.25, 0.3) is 11.8 Å². The Morgan fingerprint density at radius 1 is 1.20 bits per heavy atom. The molecule has 2 heterocycles. The maximum atomic E-state index is 12.9. The van der Waals surface area contributed by atoms with Gasteiger partial charge in [0.2, 0.25) is 6.79 Å². The second-order valence-electron chi connectivity index (χ2n) is 9.97. The number of Topliss-reactive ketones (excluding diaryl/α,β-unsaturated/α-hetero) is 1. The van der Waals surface area contributed by atoms with Crippen molar-refractivity contribution >= 4 is 29.0 Å². The number of nitrogens with one attached hydrogen (secondary N) is 1. The molecule has 190 valence electrons. The number of carbonyl (C=O) groups is 2. The Kier molecular flexibility index (Phi) is 8.44. The minimum absolute atomic E-state index is 0.0225. The molecule has 0 bridgehead atoms. The van der Waals surface area contributed by atoms with Gasteiger partial charge in [-0.2, -0.15) is 0 Å². The van der Waals surface area contributed by atoms with E-state index in [0.717, 1.165) is 11.5 Å². The van der Waals surface area contributed by atoms with Crippen LogP contribution in [-0.4, -0.2) is 34.2 Å². The van der Waals surface area contributed by atoms with Crippen molar-refractivity contribution in [3.05, 3.63) is 46.1 Å². The van der Waals surface area contributed by atoms with Crippen LogP contribution in [0.25, 0.3) is 0 Å². The number of ketones is 1.